The molecule has 0 aliphatic rings. The lowest BCUT2D eigenvalue weighted by atomic mass is 10.1. The first-order valence-corrected chi connectivity index (χ1v) is 11.3. The summed E-state index contributed by atoms with van der Waals surface area (Å²) in [6.07, 6.45) is 3.77. The molecule has 0 saturated heterocycles. The highest BCUT2D eigenvalue weighted by molar-refractivity contribution is 7.98. The first kappa shape index (κ1) is 19.6. The maximum absolute atomic E-state index is 13.4. The van der Waals surface area contributed by atoms with Crippen LogP contribution in [0.25, 0.3) is 10.2 Å². The molecule has 29 heavy (non-hydrogen) atoms. The van der Waals surface area contributed by atoms with E-state index in [1.54, 1.807) is 34.2 Å². The summed E-state index contributed by atoms with van der Waals surface area (Å²) in [5.74, 6) is -0.0733. The smallest absolute Gasteiger partial charge is 0.260 e. The van der Waals surface area contributed by atoms with Gasteiger partial charge in [0.05, 0.1) is 22.5 Å². The summed E-state index contributed by atoms with van der Waals surface area (Å²) >= 11 is 3.20. The van der Waals surface area contributed by atoms with E-state index < -0.39 is 0 Å². The number of aryl methyl sites for hydroxylation is 2. The summed E-state index contributed by atoms with van der Waals surface area (Å²) < 4.78 is 1.08. The zero-order valence-electron chi connectivity index (χ0n) is 16.5. The van der Waals surface area contributed by atoms with Gasteiger partial charge in [-0.15, -0.1) is 11.8 Å². The number of hydrogen-bond donors (Lipinski definition) is 0. The van der Waals surface area contributed by atoms with Crippen molar-refractivity contribution in [3.8, 4) is 0 Å². The predicted molar refractivity (Wildman–Crippen MR) is 122 cm³/mol. The number of carbonyl (C=O) groups excluding carboxylic acids is 1. The van der Waals surface area contributed by atoms with Crippen LogP contribution < -0.4 is 4.90 Å². The third-order valence-corrected chi connectivity index (χ3v) is 6.64. The fourth-order valence-corrected chi connectivity index (χ4v) is 4.50. The number of nitrogens with zero attached hydrogens (tertiary/aromatic N) is 3. The summed E-state index contributed by atoms with van der Waals surface area (Å²) in [5, 5.41) is 0.689. The van der Waals surface area contributed by atoms with Crippen molar-refractivity contribution in [1.29, 1.82) is 0 Å². The van der Waals surface area contributed by atoms with E-state index in [0.717, 1.165) is 20.8 Å². The van der Waals surface area contributed by atoms with Crippen molar-refractivity contribution < 1.29 is 4.79 Å². The Balaban J connectivity index is 1.76. The maximum atomic E-state index is 13.4. The van der Waals surface area contributed by atoms with Gasteiger partial charge < -0.3 is 0 Å². The monoisotopic (exact) mass is 419 g/mol. The summed E-state index contributed by atoms with van der Waals surface area (Å²) in [4.78, 5) is 25.5. The molecule has 0 aliphatic heterocycles. The number of pyridine rings is 1. The van der Waals surface area contributed by atoms with Gasteiger partial charge in [0.2, 0.25) is 0 Å². The number of hydrogen-bond acceptors (Lipinski definition) is 5. The Hall–Kier alpha value is -2.70. The number of amides is 1. The number of thioether (sulfide) groups is 1. The topological polar surface area (TPSA) is 46.1 Å². The third kappa shape index (κ3) is 4.18. The van der Waals surface area contributed by atoms with Crippen molar-refractivity contribution in [1.82, 2.24) is 9.97 Å². The highest BCUT2D eigenvalue weighted by Crippen LogP contribution is 2.32. The predicted octanol–water partition coefficient (Wildman–Crippen LogP) is 5.88. The molecule has 4 aromatic rings. The minimum absolute atomic E-state index is 0.0733. The van der Waals surface area contributed by atoms with Gasteiger partial charge in [-0.2, -0.15) is 0 Å². The largest absolute Gasteiger partial charge is 0.278 e. The molecule has 0 aliphatic carbocycles. The van der Waals surface area contributed by atoms with Crippen LogP contribution in [0, 0.1) is 13.8 Å². The molecule has 2 heterocycles. The molecule has 146 valence electrons. The Labute approximate surface area is 178 Å². The van der Waals surface area contributed by atoms with E-state index in [-0.39, 0.29) is 5.91 Å². The van der Waals surface area contributed by atoms with Crippen molar-refractivity contribution in [3.63, 3.8) is 0 Å². The van der Waals surface area contributed by atoms with Crippen LogP contribution >= 0.6 is 23.1 Å². The molecule has 2 aromatic heterocycles. The minimum atomic E-state index is -0.0733. The van der Waals surface area contributed by atoms with Gasteiger partial charge in [-0.3, -0.25) is 14.7 Å². The minimum Gasteiger partial charge on any atom is -0.278 e. The normalized spacial score (nSPS) is 11.0. The average Bonchev–Trinajstić information content (AvgIpc) is 3.15. The number of carbonyl (C=O) groups is 1. The Bertz CT molecular complexity index is 1120. The van der Waals surface area contributed by atoms with Gasteiger partial charge in [0.1, 0.15) is 0 Å². The Kier molecular flexibility index (Phi) is 5.65. The molecule has 0 saturated carbocycles. The molecule has 4 nitrogen and oxygen atoms in total. The maximum Gasteiger partial charge on any atom is 0.260 e. The van der Waals surface area contributed by atoms with E-state index in [2.05, 4.69) is 31.0 Å². The van der Waals surface area contributed by atoms with Crippen LogP contribution in [0.1, 0.15) is 27.2 Å². The Morgan fingerprint density at radius 2 is 1.83 bits per heavy atom. The lowest BCUT2D eigenvalue weighted by Gasteiger charge is -2.19. The van der Waals surface area contributed by atoms with Crippen LogP contribution in [0.2, 0.25) is 0 Å². The SMILES string of the molecule is CSc1ccc(C(=O)N(Cc2ccccn2)c2nc3cc(C)c(C)cc3s2)cc1. The van der Waals surface area contributed by atoms with E-state index >= 15 is 0 Å². The van der Waals surface area contributed by atoms with Crippen molar-refractivity contribution in [2.45, 2.75) is 25.3 Å². The summed E-state index contributed by atoms with van der Waals surface area (Å²) in [7, 11) is 0. The van der Waals surface area contributed by atoms with E-state index in [1.807, 2.05) is 48.7 Å². The fourth-order valence-electron chi connectivity index (χ4n) is 3.05. The fraction of sp³-hybridized carbons (Fsp3) is 0.174. The molecule has 0 spiro atoms. The van der Waals surface area contributed by atoms with Crippen LogP contribution in [-0.2, 0) is 6.54 Å². The highest BCUT2D eigenvalue weighted by Gasteiger charge is 2.22. The quantitative estimate of drug-likeness (QED) is 0.379. The van der Waals surface area contributed by atoms with Gasteiger partial charge >= 0.3 is 0 Å². The van der Waals surface area contributed by atoms with Gasteiger partial charge in [0.25, 0.3) is 5.91 Å². The Morgan fingerprint density at radius 3 is 2.52 bits per heavy atom. The van der Waals surface area contributed by atoms with Crippen LogP contribution in [0.4, 0.5) is 5.13 Å². The first-order valence-electron chi connectivity index (χ1n) is 9.29. The van der Waals surface area contributed by atoms with Crippen molar-refractivity contribution in [2.24, 2.45) is 0 Å². The molecular formula is C23H21N3OS2. The second-order valence-corrected chi connectivity index (χ2v) is 8.73. The van der Waals surface area contributed by atoms with E-state index in [9.17, 15) is 4.79 Å². The highest BCUT2D eigenvalue weighted by atomic mass is 32.2. The molecule has 0 fully saturated rings. The third-order valence-electron chi connectivity index (χ3n) is 4.85. The number of aromatic nitrogens is 2. The summed E-state index contributed by atoms with van der Waals surface area (Å²) in [6.45, 7) is 4.55. The molecular weight excluding hydrogens is 398 g/mol. The average molecular weight is 420 g/mol. The molecule has 0 radical (unpaired) electrons. The molecule has 0 N–H and O–H groups in total. The number of thiazole rings is 1. The number of anilines is 1. The van der Waals surface area contributed by atoms with E-state index in [0.29, 0.717) is 17.2 Å². The van der Waals surface area contributed by atoms with Gasteiger partial charge in [-0.1, -0.05) is 17.4 Å². The number of fused-ring (bicyclic) bond motifs is 1. The van der Waals surface area contributed by atoms with E-state index in [4.69, 9.17) is 4.98 Å². The molecule has 1 amide bonds. The lowest BCUT2D eigenvalue weighted by Crippen LogP contribution is -2.30. The van der Waals surface area contributed by atoms with Gasteiger partial charge in [-0.25, -0.2) is 4.98 Å². The van der Waals surface area contributed by atoms with Gasteiger partial charge in [-0.05, 0) is 79.8 Å². The summed E-state index contributed by atoms with van der Waals surface area (Å²) in [6, 6.07) is 17.7. The second kappa shape index (κ2) is 8.35. The summed E-state index contributed by atoms with van der Waals surface area (Å²) in [5.41, 5.74) is 4.82. The number of benzene rings is 2. The lowest BCUT2D eigenvalue weighted by molar-refractivity contribution is 0.0984. The zero-order chi connectivity index (χ0) is 20.4. The van der Waals surface area contributed by atoms with Crippen LogP contribution in [0.15, 0.2) is 65.7 Å². The molecule has 4 rings (SSSR count). The molecule has 0 unspecified atom stereocenters. The van der Waals surface area contributed by atoms with Gasteiger partial charge in [0, 0.05) is 16.7 Å². The zero-order valence-corrected chi connectivity index (χ0v) is 18.2. The van der Waals surface area contributed by atoms with Crippen molar-refractivity contribution in [3.05, 3.63) is 83.2 Å². The number of rotatable bonds is 5. The molecule has 0 bridgehead atoms. The molecule has 6 heteroatoms. The van der Waals surface area contributed by atoms with Gasteiger partial charge in [0.15, 0.2) is 5.13 Å². The van der Waals surface area contributed by atoms with Crippen LogP contribution in [-0.4, -0.2) is 22.1 Å². The standard InChI is InChI=1S/C23H21N3OS2/c1-15-12-20-21(13-16(15)2)29-23(25-20)26(14-18-6-4-5-11-24-18)22(27)17-7-9-19(28-3)10-8-17/h4-13H,14H2,1-3H3. The van der Waals surface area contributed by atoms with Crippen molar-refractivity contribution >= 4 is 44.4 Å². The Morgan fingerprint density at radius 1 is 1.07 bits per heavy atom. The van der Waals surface area contributed by atoms with Crippen LogP contribution in [0.5, 0.6) is 0 Å². The van der Waals surface area contributed by atoms with Crippen molar-refractivity contribution in [2.75, 3.05) is 11.2 Å². The molecule has 2 aromatic carbocycles. The van der Waals surface area contributed by atoms with E-state index in [1.165, 1.54) is 11.1 Å². The van der Waals surface area contributed by atoms with Crippen LogP contribution in [0.3, 0.4) is 0 Å². The second-order valence-electron chi connectivity index (χ2n) is 6.84. The first-order chi connectivity index (χ1) is 14.0. The molecule has 0 atom stereocenters.